The fourth-order valence-corrected chi connectivity index (χ4v) is 3.44. The summed E-state index contributed by atoms with van der Waals surface area (Å²) in [5.41, 5.74) is 2.57. The van der Waals surface area contributed by atoms with Gasteiger partial charge in [0.15, 0.2) is 0 Å². The topological polar surface area (TPSA) is 41.6 Å². The molecule has 1 atom stereocenters. The van der Waals surface area contributed by atoms with Crippen molar-refractivity contribution in [3.63, 3.8) is 0 Å². The number of methoxy groups -OCH3 is 1. The smallest absolute Gasteiger partial charge is 0.330 e. The van der Waals surface area contributed by atoms with E-state index in [0.717, 1.165) is 25.2 Å². The number of carbonyl (C=O) groups excluding carboxylic acids is 1. The SMILES string of the molecule is COC(=O)C=Cc1ccccc1N1CCC2(CCCN2)C1.Cl. The summed E-state index contributed by atoms with van der Waals surface area (Å²) in [6.07, 6.45) is 7.07. The normalized spacial score (nSPS) is 24.0. The molecule has 120 valence electrons. The number of nitrogens with one attached hydrogen (secondary N) is 1. The summed E-state index contributed by atoms with van der Waals surface area (Å²) in [4.78, 5) is 13.7. The van der Waals surface area contributed by atoms with Gasteiger partial charge < -0.3 is 15.0 Å². The van der Waals surface area contributed by atoms with Gasteiger partial charge >= 0.3 is 5.97 Å². The maximum Gasteiger partial charge on any atom is 0.330 e. The molecule has 2 heterocycles. The number of esters is 1. The summed E-state index contributed by atoms with van der Waals surface area (Å²) in [5, 5.41) is 3.68. The average Bonchev–Trinajstić information content (AvgIpc) is 3.15. The highest BCUT2D eigenvalue weighted by molar-refractivity contribution is 5.88. The monoisotopic (exact) mass is 322 g/mol. The first-order chi connectivity index (χ1) is 10.2. The van der Waals surface area contributed by atoms with Gasteiger partial charge in [-0.25, -0.2) is 4.79 Å². The lowest BCUT2D eigenvalue weighted by molar-refractivity contribution is -0.134. The van der Waals surface area contributed by atoms with Crippen LogP contribution in [0.4, 0.5) is 5.69 Å². The molecule has 0 aromatic heterocycles. The predicted molar refractivity (Wildman–Crippen MR) is 91.5 cm³/mol. The lowest BCUT2D eigenvalue weighted by Gasteiger charge is -2.26. The largest absolute Gasteiger partial charge is 0.466 e. The van der Waals surface area contributed by atoms with Crippen LogP contribution in [0.5, 0.6) is 0 Å². The molecule has 2 aliphatic rings. The predicted octanol–water partition coefficient (Wildman–Crippen LogP) is 2.63. The Morgan fingerprint density at radius 2 is 2.18 bits per heavy atom. The minimum atomic E-state index is -0.319. The van der Waals surface area contributed by atoms with E-state index in [1.165, 1.54) is 38.1 Å². The molecule has 1 unspecified atom stereocenters. The van der Waals surface area contributed by atoms with E-state index >= 15 is 0 Å². The van der Waals surface area contributed by atoms with Crippen LogP contribution in [-0.4, -0.2) is 38.3 Å². The van der Waals surface area contributed by atoms with Gasteiger partial charge in [-0.05, 0) is 43.5 Å². The molecular weight excluding hydrogens is 300 g/mol. The highest BCUT2D eigenvalue weighted by Crippen LogP contribution is 2.34. The van der Waals surface area contributed by atoms with Crippen molar-refractivity contribution in [3.05, 3.63) is 35.9 Å². The van der Waals surface area contributed by atoms with Gasteiger partial charge in [0.2, 0.25) is 0 Å². The minimum absolute atomic E-state index is 0. The van der Waals surface area contributed by atoms with E-state index in [2.05, 4.69) is 27.1 Å². The molecule has 2 saturated heterocycles. The molecule has 5 heteroatoms. The van der Waals surface area contributed by atoms with Gasteiger partial charge in [0, 0.05) is 30.4 Å². The Morgan fingerprint density at radius 1 is 1.36 bits per heavy atom. The van der Waals surface area contributed by atoms with E-state index in [4.69, 9.17) is 0 Å². The summed E-state index contributed by atoms with van der Waals surface area (Å²) in [5.74, 6) is -0.319. The zero-order valence-corrected chi connectivity index (χ0v) is 13.7. The number of para-hydroxylation sites is 1. The molecule has 0 radical (unpaired) electrons. The second-order valence-corrected chi connectivity index (χ2v) is 5.90. The van der Waals surface area contributed by atoms with Gasteiger partial charge in [-0.15, -0.1) is 12.4 Å². The first-order valence-corrected chi connectivity index (χ1v) is 7.57. The van der Waals surface area contributed by atoms with E-state index in [1.54, 1.807) is 0 Å². The van der Waals surface area contributed by atoms with Crippen molar-refractivity contribution in [2.75, 3.05) is 31.6 Å². The molecule has 3 rings (SSSR count). The van der Waals surface area contributed by atoms with Crippen LogP contribution in [0.1, 0.15) is 24.8 Å². The molecule has 22 heavy (non-hydrogen) atoms. The summed E-state index contributed by atoms with van der Waals surface area (Å²) in [6, 6.07) is 8.23. The molecule has 1 spiro atoms. The number of nitrogens with zero attached hydrogens (tertiary/aromatic N) is 1. The van der Waals surface area contributed by atoms with Crippen molar-refractivity contribution in [2.24, 2.45) is 0 Å². The van der Waals surface area contributed by atoms with Crippen molar-refractivity contribution < 1.29 is 9.53 Å². The molecule has 2 aliphatic heterocycles. The Hall–Kier alpha value is -1.52. The summed E-state index contributed by atoms with van der Waals surface area (Å²) >= 11 is 0. The van der Waals surface area contributed by atoms with Crippen LogP contribution in [0.2, 0.25) is 0 Å². The molecule has 1 N–H and O–H groups in total. The minimum Gasteiger partial charge on any atom is -0.466 e. The lowest BCUT2D eigenvalue weighted by atomic mass is 9.97. The quantitative estimate of drug-likeness (QED) is 0.686. The number of rotatable bonds is 3. The molecule has 0 aliphatic carbocycles. The number of hydrogen-bond donors (Lipinski definition) is 1. The number of hydrogen-bond acceptors (Lipinski definition) is 4. The lowest BCUT2D eigenvalue weighted by Crippen LogP contribution is -2.42. The molecule has 1 aromatic carbocycles. The zero-order chi connectivity index (χ0) is 14.7. The maximum absolute atomic E-state index is 11.3. The second kappa shape index (κ2) is 7.16. The number of anilines is 1. The van der Waals surface area contributed by atoms with E-state index in [-0.39, 0.29) is 18.4 Å². The van der Waals surface area contributed by atoms with Gasteiger partial charge in [-0.2, -0.15) is 0 Å². The standard InChI is InChI=1S/C17H22N2O2.ClH/c1-21-16(20)8-7-14-5-2-3-6-15(14)19-12-10-17(13-19)9-4-11-18-17;/h2-3,5-8,18H,4,9-13H2,1H3;1H. The van der Waals surface area contributed by atoms with Crippen molar-refractivity contribution in [1.29, 1.82) is 0 Å². The van der Waals surface area contributed by atoms with Crippen LogP contribution in [0.25, 0.3) is 6.08 Å². The Kier molecular flexibility index (Phi) is 5.48. The fraction of sp³-hybridized carbons (Fsp3) is 0.471. The van der Waals surface area contributed by atoms with Gasteiger partial charge in [-0.1, -0.05) is 18.2 Å². The van der Waals surface area contributed by atoms with Gasteiger partial charge in [0.1, 0.15) is 0 Å². The number of halogens is 1. The summed E-state index contributed by atoms with van der Waals surface area (Å²) < 4.78 is 4.66. The summed E-state index contributed by atoms with van der Waals surface area (Å²) in [7, 11) is 1.40. The Labute approximate surface area is 137 Å². The maximum atomic E-state index is 11.3. The molecule has 4 nitrogen and oxygen atoms in total. The van der Waals surface area contributed by atoms with Crippen molar-refractivity contribution in [2.45, 2.75) is 24.8 Å². The molecule has 0 bridgehead atoms. The molecule has 0 saturated carbocycles. The Bertz CT molecular complexity index is 553. The third kappa shape index (κ3) is 3.45. The third-order valence-electron chi connectivity index (χ3n) is 4.56. The fourth-order valence-electron chi connectivity index (χ4n) is 3.44. The first kappa shape index (κ1) is 16.8. The van der Waals surface area contributed by atoms with Crippen LogP contribution in [0.15, 0.2) is 30.3 Å². The van der Waals surface area contributed by atoms with Crippen LogP contribution >= 0.6 is 12.4 Å². The molecule has 1 aromatic rings. The van der Waals surface area contributed by atoms with Crippen molar-refractivity contribution >= 4 is 30.1 Å². The number of ether oxygens (including phenoxy) is 1. The van der Waals surface area contributed by atoms with Gasteiger partial charge in [0.05, 0.1) is 7.11 Å². The van der Waals surface area contributed by atoms with E-state index in [1.807, 2.05) is 18.2 Å². The molecular formula is C17H23ClN2O2. The zero-order valence-electron chi connectivity index (χ0n) is 12.9. The number of benzene rings is 1. The van der Waals surface area contributed by atoms with Gasteiger partial charge in [0.25, 0.3) is 0 Å². The van der Waals surface area contributed by atoms with Crippen molar-refractivity contribution in [3.8, 4) is 0 Å². The summed E-state index contributed by atoms with van der Waals surface area (Å²) in [6.45, 7) is 3.25. The molecule has 2 fully saturated rings. The average molecular weight is 323 g/mol. The van der Waals surface area contributed by atoms with Crippen molar-refractivity contribution in [1.82, 2.24) is 5.32 Å². The van der Waals surface area contributed by atoms with Gasteiger partial charge in [-0.3, -0.25) is 0 Å². The third-order valence-corrected chi connectivity index (χ3v) is 4.56. The Morgan fingerprint density at radius 3 is 2.91 bits per heavy atom. The van der Waals surface area contributed by atoms with E-state index in [9.17, 15) is 4.79 Å². The van der Waals surface area contributed by atoms with E-state index in [0.29, 0.717) is 5.54 Å². The second-order valence-electron chi connectivity index (χ2n) is 5.90. The van der Waals surface area contributed by atoms with E-state index < -0.39 is 0 Å². The van der Waals surface area contributed by atoms with Crippen LogP contribution < -0.4 is 10.2 Å². The highest BCUT2D eigenvalue weighted by atomic mass is 35.5. The van der Waals surface area contributed by atoms with Crippen LogP contribution in [0, 0.1) is 0 Å². The highest BCUT2D eigenvalue weighted by Gasteiger charge is 2.40. The first-order valence-electron chi connectivity index (χ1n) is 7.57. The number of carbonyl (C=O) groups is 1. The molecule has 0 amide bonds. The Balaban J connectivity index is 0.00000176. The van der Waals surface area contributed by atoms with Crippen LogP contribution in [0.3, 0.4) is 0 Å². The van der Waals surface area contributed by atoms with Crippen LogP contribution in [-0.2, 0) is 9.53 Å².